The van der Waals surface area contributed by atoms with Crippen LogP contribution in [0.1, 0.15) is 19.3 Å². The maximum atomic E-state index is 12.3. The lowest BCUT2D eigenvalue weighted by Gasteiger charge is -2.36. The molecule has 3 amide bonds. The highest BCUT2D eigenvalue weighted by Crippen LogP contribution is 2.22. The van der Waals surface area contributed by atoms with E-state index < -0.39 is 0 Å². The second-order valence-corrected chi connectivity index (χ2v) is 6.26. The number of hydrogen-bond acceptors (Lipinski definition) is 5. The molecule has 2 fully saturated rings. The number of methoxy groups -OCH3 is 1. The molecule has 0 aliphatic carbocycles. The number of ether oxygens (including phenoxy) is 1. The van der Waals surface area contributed by atoms with Gasteiger partial charge in [0.1, 0.15) is 5.75 Å². The molecule has 25 heavy (non-hydrogen) atoms. The molecule has 7 nitrogen and oxygen atoms in total. The van der Waals surface area contributed by atoms with Gasteiger partial charge in [0.15, 0.2) is 0 Å². The van der Waals surface area contributed by atoms with Crippen LogP contribution >= 0.6 is 0 Å². The van der Waals surface area contributed by atoms with Crippen molar-refractivity contribution in [3.8, 4) is 5.75 Å². The number of hydrogen-bond donors (Lipinski definition) is 0. The Balaban J connectivity index is 1.49. The average molecular weight is 345 g/mol. The summed E-state index contributed by atoms with van der Waals surface area (Å²) < 4.78 is 5.25. The zero-order chi connectivity index (χ0) is 17.8. The summed E-state index contributed by atoms with van der Waals surface area (Å²) in [6, 6.07) is 7.88. The number of imide groups is 1. The Morgan fingerprint density at radius 1 is 1.08 bits per heavy atom. The molecular formula is C18H23N3O4. The second kappa shape index (κ2) is 7.55. The smallest absolute Gasteiger partial charge is 0.229 e. The number of likely N-dealkylation sites (tertiary alicyclic amines) is 1. The maximum absolute atomic E-state index is 12.3. The molecule has 7 heteroatoms. The van der Waals surface area contributed by atoms with Crippen molar-refractivity contribution in [2.45, 2.75) is 19.3 Å². The highest BCUT2D eigenvalue weighted by atomic mass is 16.5. The van der Waals surface area contributed by atoms with Crippen molar-refractivity contribution in [3.63, 3.8) is 0 Å². The summed E-state index contributed by atoms with van der Waals surface area (Å²) in [6.07, 6.45) is 0.745. The fourth-order valence-electron chi connectivity index (χ4n) is 3.26. The molecule has 0 saturated carbocycles. The summed E-state index contributed by atoms with van der Waals surface area (Å²) in [5.41, 5.74) is 1.08. The molecular weight excluding hydrogens is 322 g/mol. The van der Waals surface area contributed by atoms with Gasteiger partial charge in [-0.2, -0.15) is 0 Å². The van der Waals surface area contributed by atoms with Gasteiger partial charge in [-0.3, -0.25) is 19.3 Å². The second-order valence-electron chi connectivity index (χ2n) is 6.26. The van der Waals surface area contributed by atoms with Gasteiger partial charge in [-0.05, 0) is 12.1 Å². The Bertz CT molecular complexity index is 652. The van der Waals surface area contributed by atoms with Crippen LogP contribution in [0.25, 0.3) is 0 Å². The summed E-state index contributed by atoms with van der Waals surface area (Å²) in [6.45, 7) is 2.98. The van der Waals surface area contributed by atoms with E-state index in [1.807, 2.05) is 29.2 Å². The first-order valence-corrected chi connectivity index (χ1v) is 8.58. The molecule has 1 aromatic rings. The van der Waals surface area contributed by atoms with Crippen LogP contribution in [-0.2, 0) is 14.4 Å². The number of piperazine rings is 1. The summed E-state index contributed by atoms with van der Waals surface area (Å²) in [5.74, 6) is 0.482. The summed E-state index contributed by atoms with van der Waals surface area (Å²) in [7, 11) is 1.64. The van der Waals surface area contributed by atoms with Gasteiger partial charge in [0.2, 0.25) is 17.7 Å². The Hall–Kier alpha value is -2.57. The first-order chi connectivity index (χ1) is 12.1. The Morgan fingerprint density at radius 3 is 2.40 bits per heavy atom. The molecule has 0 spiro atoms. The lowest BCUT2D eigenvalue weighted by atomic mass is 10.2. The average Bonchev–Trinajstić information content (AvgIpc) is 2.97. The van der Waals surface area contributed by atoms with Gasteiger partial charge < -0.3 is 14.5 Å². The van der Waals surface area contributed by atoms with E-state index in [-0.39, 0.29) is 43.5 Å². The van der Waals surface area contributed by atoms with Gasteiger partial charge in [0, 0.05) is 63.7 Å². The lowest BCUT2D eigenvalue weighted by molar-refractivity contribution is -0.139. The number of benzene rings is 1. The molecule has 1 aromatic carbocycles. The number of rotatable bonds is 5. The largest absolute Gasteiger partial charge is 0.497 e. The fourth-order valence-corrected chi connectivity index (χ4v) is 3.26. The number of nitrogens with zero attached hydrogens (tertiary/aromatic N) is 3. The van der Waals surface area contributed by atoms with E-state index in [9.17, 15) is 14.4 Å². The number of anilines is 1. The van der Waals surface area contributed by atoms with Crippen LogP contribution in [0.5, 0.6) is 5.75 Å². The number of carbonyl (C=O) groups excluding carboxylic acids is 3. The lowest BCUT2D eigenvalue weighted by Crippen LogP contribution is -2.49. The molecule has 0 aromatic heterocycles. The highest BCUT2D eigenvalue weighted by molar-refractivity contribution is 6.02. The molecule has 0 N–H and O–H groups in total. The van der Waals surface area contributed by atoms with E-state index in [2.05, 4.69) is 4.90 Å². The molecule has 2 aliphatic heterocycles. The molecule has 134 valence electrons. The van der Waals surface area contributed by atoms with E-state index in [0.29, 0.717) is 13.1 Å². The summed E-state index contributed by atoms with van der Waals surface area (Å²) >= 11 is 0. The van der Waals surface area contributed by atoms with Crippen LogP contribution < -0.4 is 9.64 Å². The Morgan fingerprint density at radius 2 is 1.76 bits per heavy atom. The zero-order valence-electron chi connectivity index (χ0n) is 14.4. The predicted molar refractivity (Wildman–Crippen MR) is 92.4 cm³/mol. The number of carbonyl (C=O) groups is 3. The maximum Gasteiger partial charge on any atom is 0.229 e. The minimum absolute atomic E-state index is 0.00204. The van der Waals surface area contributed by atoms with Crippen molar-refractivity contribution in [2.75, 3.05) is 44.7 Å². The third kappa shape index (κ3) is 3.92. The van der Waals surface area contributed by atoms with Gasteiger partial charge in [-0.15, -0.1) is 0 Å². The molecule has 0 unspecified atom stereocenters. The summed E-state index contributed by atoms with van der Waals surface area (Å²) in [4.78, 5) is 40.8. The van der Waals surface area contributed by atoms with E-state index in [1.54, 1.807) is 7.11 Å². The predicted octanol–water partition coefficient (Wildman–Crippen LogP) is 0.883. The van der Waals surface area contributed by atoms with Crippen molar-refractivity contribution in [1.82, 2.24) is 9.80 Å². The molecule has 0 radical (unpaired) electrons. The van der Waals surface area contributed by atoms with E-state index >= 15 is 0 Å². The van der Waals surface area contributed by atoms with Crippen molar-refractivity contribution < 1.29 is 19.1 Å². The number of amides is 3. The highest BCUT2D eigenvalue weighted by Gasteiger charge is 2.30. The normalized spacial score (nSPS) is 18.0. The Kier molecular flexibility index (Phi) is 5.21. The van der Waals surface area contributed by atoms with Gasteiger partial charge in [-0.1, -0.05) is 6.07 Å². The topological polar surface area (TPSA) is 70.2 Å². The van der Waals surface area contributed by atoms with E-state index in [4.69, 9.17) is 4.74 Å². The van der Waals surface area contributed by atoms with E-state index in [0.717, 1.165) is 24.5 Å². The standard InChI is InChI=1S/C18H23N3O4/c1-25-15-4-2-3-14(13-15)19-9-11-20(12-10-19)16(22)7-8-21-17(23)5-6-18(21)24/h2-4,13H,5-12H2,1H3. The Labute approximate surface area is 147 Å². The van der Waals surface area contributed by atoms with E-state index in [1.165, 1.54) is 4.90 Å². The molecule has 2 saturated heterocycles. The SMILES string of the molecule is COc1cccc(N2CCN(C(=O)CCN3C(=O)CCC3=O)CC2)c1. The fraction of sp³-hybridized carbons (Fsp3) is 0.500. The molecule has 2 heterocycles. The van der Waals surface area contributed by atoms with Crippen LogP contribution in [0.4, 0.5) is 5.69 Å². The first kappa shape index (κ1) is 17.3. The van der Waals surface area contributed by atoms with Crippen LogP contribution in [0.2, 0.25) is 0 Å². The molecule has 0 bridgehead atoms. The van der Waals surface area contributed by atoms with Gasteiger partial charge in [-0.25, -0.2) is 0 Å². The first-order valence-electron chi connectivity index (χ1n) is 8.58. The van der Waals surface area contributed by atoms with Crippen molar-refractivity contribution >= 4 is 23.4 Å². The van der Waals surface area contributed by atoms with Crippen molar-refractivity contribution in [3.05, 3.63) is 24.3 Å². The van der Waals surface area contributed by atoms with Crippen LogP contribution in [0.3, 0.4) is 0 Å². The minimum atomic E-state index is -0.166. The minimum Gasteiger partial charge on any atom is -0.497 e. The van der Waals surface area contributed by atoms with Crippen LogP contribution in [0, 0.1) is 0 Å². The summed E-state index contributed by atoms with van der Waals surface area (Å²) in [5, 5.41) is 0. The third-order valence-corrected chi connectivity index (χ3v) is 4.75. The van der Waals surface area contributed by atoms with Gasteiger partial charge in [0.25, 0.3) is 0 Å². The van der Waals surface area contributed by atoms with Crippen LogP contribution in [-0.4, -0.2) is 67.4 Å². The third-order valence-electron chi connectivity index (χ3n) is 4.75. The molecule has 3 rings (SSSR count). The zero-order valence-corrected chi connectivity index (χ0v) is 14.4. The van der Waals surface area contributed by atoms with Crippen LogP contribution in [0.15, 0.2) is 24.3 Å². The molecule has 2 aliphatic rings. The quantitative estimate of drug-likeness (QED) is 0.741. The van der Waals surface area contributed by atoms with Crippen molar-refractivity contribution in [1.29, 1.82) is 0 Å². The van der Waals surface area contributed by atoms with Gasteiger partial charge in [0.05, 0.1) is 7.11 Å². The molecule has 0 atom stereocenters. The van der Waals surface area contributed by atoms with Gasteiger partial charge >= 0.3 is 0 Å². The monoisotopic (exact) mass is 345 g/mol. The van der Waals surface area contributed by atoms with Crippen molar-refractivity contribution in [2.24, 2.45) is 0 Å².